The molecule has 2 aromatic carbocycles. The Morgan fingerprint density at radius 2 is 0.938 bits per heavy atom. The number of phenols is 2. The molecule has 0 heterocycles. The fourth-order valence-electron chi connectivity index (χ4n) is 3.34. The first-order valence-corrected chi connectivity index (χ1v) is 11.5. The normalized spacial score (nSPS) is 12.1. The van der Waals surface area contributed by atoms with Gasteiger partial charge in [0.1, 0.15) is 24.7 Å². The van der Waals surface area contributed by atoms with Crippen molar-refractivity contribution in [3.8, 4) is 11.5 Å². The van der Waals surface area contributed by atoms with E-state index in [0.717, 1.165) is 25.7 Å². The van der Waals surface area contributed by atoms with Crippen molar-refractivity contribution in [3.05, 3.63) is 59.7 Å². The highest BCUT2D eigenvalue weighted by Gasteiger charge is 2.04. The molecule has 0 unspecified atom stereocenters. The number of rotatable bonds is 15. The predicted molar refractivity (Wildman–Crippen MR) is 129 cm³/mol. The van der Waals surface area contributed by atoms with Crippen molar-refractivity contribution in [3.63, 3.8) is 0 Å². The molecule has 2 N–H and O–H groups in total. The molecule has 0 fully saturated rings. The van der Waals surface area contributed by atoms with Gasteiger partial charge in [0, 0.05) is 11.1 Å². The van der Waals surface area contributed by atoms with Crippen LogP contribution in [0.5, 0.6) is 11.5 Å². The molecule has 32 heavy (non-hydrogen) atoms. The Hall–Kier alpha value is -3.02. The van der Waals surface area contributed by atoms with Gasteiger partial charge in [-0.2, -0.15) is 0 Å². The number of unbranched alkanes of at least 4 members (excludes halogenated alkanes) is 7. The second-order valence-electron chi connectivity index (χ2n) is 7.88. The lowest BCUT2D eigenvalue weighted by atomic mass is 10.1. The third kappa shape index (κ3) is 9.41. The van der Waals surface area contributed by atoms with Crippen molar-refractivity contribution in [2.75, 3.05) is 13.2 Å². The molecule has 0 bridgehead atoms. The van der Waals surface area contributed by atoms with Gasteiger partial charge in [-0.25, -0.2) is 0 Å². The smallest absolute Gasteiger partial charge is 0.124 e. The number of para-hydroxylation sites is 2. The first kappa shape index (κ1) is 25.2. The van der Waals surface area contributed by atoms with Gasteiger partial charge in [-0.3, -0.25) is 0 Å². The average Bonchev–Trinajstić information content (AvgIpc) is 2.79. The number of hydrogen-bond acceptors (Lipinski definition) is 6. The molecule has 0 saturated carbocycles. The molecular formula is C26H36N2O4. The molecule has 0 aromatic heterocycles. The quantitative estimate of drug-likeness (QED) is 0.191. The molecule has 174 valence electrons. The van der Waals surface area contributed by atoms with E-state index in [4.69, 9.17) is 9.68 Å². The zero-order valence-corrected chi connectivity index (χ0v) is 19.3. The summed E-state index contributed by atoms with van der Waals surface area (Å²) in [5.41, 5.74) is 2.78. The summed E-state index contributed by atoms with van der Waals surface area (Å²) in [4.78, 5) is 10.8. The number of benzene rings is 2. The maximum Gasteiger partial charge on any atom is 0.124 e. The van der Waals surface area contributed by atoms with Crippen molar-refractivity contribution in [2.24, 2.45) is 10.3 Å². The maximum atomic E-state index is 9.80. The van der Waals surface area contributed by atoms with Gasteiger partial charge >= 0.3 is 0 Å². The Kier molecular flexibility index (Phi) is 11.7. The number of nitrogens with zero attached hydrogens (tertiary/aromatic N) is 2. The first-order valence-electron chi connectivity index (χ1n) is 11.5. The summed E-state index contributed by atoms with van der Waals surface area (Å²) in [6.45, 7) is 4.87. The van der Waals surface area contributed by atoms with Crippen LogP contribution >= 0.6 is 0 Å². The third-order valence-electron chi connectivity index (χ3n) is 5.21. The Morgan fingerprint density at radius 1 is 0.594 bits per heavy atom. The highest BCUT2D eigenvalue weighted by atomic mass is 16.6. The van der Waals surface area contributed by atoms with Crippen molar-refractivity contribution in [1.29, 1.82) is 0 Å². The van der Waals surface area contributed by atoms with Crippen molar-refractivity contribution < 1.29 is 19.9 Å². The maximum absolute atomic E-state index is 9.80. The van der Waals surface area contributed by atoms with Gasteiger partial charge in [0.15, 0.2) is 0 Å². The van der Waals surface area contributed by atoms with Crippen molar-refractivity contribution >= 4 is 11.4 Å². The van der Waals surface area contributed by atoms with Crippen LogP contribution in [-0.2, 0) is 9.68 Å². The average molecular weight is 441 g/mol. The van der Waals surface area contributed by atoms with Crippen molar-refractivity contribution in [2.45, 2.75) is 65.2 Å². The molecular weight excluding hydrogens is 404 g/mol. The van der Waals surface area contributed by atoms with Gasteiger partial charge in [0.2, 0.25) is 0 Å². The van der Waals surface area contributed by atoms with Crippen LogP contribution in [0, 0.1) is 0 Å². The Bertz CT molecular complexity index is 793. The highest BCUT2D eigenvalue weighted by Crippen LogP contribution is 2.17. The first-order chi connectivity index (χ1) is 15.6. The largest absolute Gasteiger partial charge is 0.507 e. The van der Waals surface area contributed by atoms with E-state index in [-0.39, 0.29) is 11.5 Å². The summed E-state index contributed by atoms with van der Waals surface area (Å²) in [7, 11) is 0. The summed E-state index contributed by atoms with van der Waals surface area (Å²) in [5.74, 6) is 0.443. The van der Waals surface area contributed by atoms with Crippen LogP contribution in [0.1, 0.15) is 76.3 Å². The summed E-state index contributed by atoms with van der Waals surface area (Å²) in [6.07, 6.45) is 9.10. The highest BCUT2D eigenvalue weighted by molar-refractivity contribution is 6.01. The van der Waals surface area contributed by atoms with Crippen LogP contribution < -0.4 is 0 Å². The second-order valence-corrected chi connectivity index (χ2v) is 7.88. The molecule has 6 nitrogen and oxygen atoms in total. The van der Waals surface area contributed by atoms with Crippen LogP contribution in [0.4, 0.5) is 0 Å². The molecule has 0 amide bonds. The lowest BCUT2D eigenvalue weighted by molar-refractivity contribution is 0.138. The van der Waals surface area contributed by atoms with E-state index >= 15 is 0 Å². The van der Waals surface area contributed by atoms with E-state index in [1.165, 1.54) is 25.7 Å². The van der Waals surface area contributed by atoms with E-state index in [1.807, 2.05) is 38.1 Å². The molecule has 0 aliphatic rings. The topological polar surface area (TPSA) is 83.6 Å². The summed E-state index contributed by atoms with van der Waals surface area (Å²) >= 11 is 0. The minimum Gasteiger partial charge on any atom is -0.507 e. The Balaban J connectivity index is 1.42. The van der Waals surface area contributed by atoms with Crippen LogP contribution in [0.3, 0.4) is 0 Å². The molecule has 0 aliphatic carbocycles. The Labute approximate surface area is 191 Å². The lowest BCUT2D eigenvalue weighted by Gasteiger charge is -2.05. The monoisotopic (exact) mass is 440 g/mol. The summed E-state index contributed by atoms with van der Waals surface area (Å²) < 4.78 is 0. The van der Waals surface area contributed by atoms with Crippen LogP contribution in [-0.4, -0.2) is 34.9 Å². The number of phenolic OH excluding ortho intramolecular Hbond substituents is 2. The van der Waals surface area contributed by atoms with Crippen LogP contribution in [0.25, 0.3) is 0 Å². The molecule has 0 saturated heterocycles. The van der Waals surface area contributed by atoms with E-state index in [2.05, 4.69) is 10.3 Å². The zero-order chi connectivity index (χ0) is 23.0. The molecule has 0 radical (unpaired) electrons. The van der Waals surface area contributed by atoms with Crippen molar-refractivity contribution in [1.82, 2.24) is 0 Å². The zero-order valence-electron chi connectivity index (χ0n) is 19.3. The molecule has 0 atom stereocenters. The van der Waals surface area contributed by atoms with E-state index < -0.39 is 0 Å². The van der Waals surface area contributed by atoms with Crippen LogP contribution in [0.2, 0.25) is 0 Å². The number of hydrogen-bond donors (Lipinski definition) is 2. The second kappa shape index (κ2) is 14.9. The van der Waals surface area contributed by atoms with Gasteiger partial charge in [-0.05, 0) is 63.8 Å². The minimum absolute atomic E-state index is 0.222. The van der Waals surface area contributed by atoms with E-state index in [1.54, 1.807) is 24.3 Å². The molecule has 0 aliphatic heterocycles. The fourth-order valence-corrected chi connectivity index (χ4v) is 3.34. The fraction of sp³-hybridized carbons (Fsp3) is 0.462. The third-order valence-corrected chi connectivity index (χ3v) is 5.21. The number of oxime groups is 2. The van der Waals surface area contributed by atoms with Gasteiger partial charge in [0.25, 0.3) is 0 Å². The van der Waals surface area contributed by atoms with Gasteiger partial charge in [-0.15, -0.1) is 0 Å². The Morgan fingerprint density at radius 3 is 1.31 bits per heavy atom. The van der Waals surface area contributed by atoms with Gasteiger partial charge in [-0.1, -0.05) is 60.3 Å². The predicted octanol–water partition coefficient (Wildman–Crippen LogP) is 6.40. The van der Waals surface area contributed by atoms with E-state index in [9.17, 15) is 10.2 Å². The lowest BCUT2D eigenvalue weighted by Crippen LogP contribution is -1.98. The summed E-state index contributed by atoms with van der Waals surface area (Å²) in [5, 5.41) is 27.8. The SMILES string of the molecule is C/C(=N\OCCCCCCCCCCO/N=C(\C)c1ccccc1O)c1ccccc1O. The standard InChI is InChI=1S/C26H36N2O4/c1-21(23-15-9-11-17-25(23)29)27-31-19-13-7-5-3-4-6-8-14-20-32-28-22(2)24-16-10-12-18-26(24)30/h9-12,15-18,29-30H,3-8,13-14,19-20H2,1-2H3/b27-21+,28-22+. The van der Waals surface area contributed by atoms with E-state index in [0.29, 0.717) is 35.8 Å². The summed E-state index contributed by atoms with van der Waals surface area (Å²) in [6, 6.07) is 14.3. The van der Waals surface area contributed by atoms with Crippen LogP contribution in [0.15, 0.2) is 58.8 Å². The molecule has 2 rings (SSSR count). The molecule has 6 heteroatoms. The molecule has 2 aromatic rings. The number of aromatic hydroxyl groups is 2. The molecule has 0 spiro atoms. The van der Waals surface area contributed by atoms with Gasteiger partial charge in [0.05, 0.1) is 11.4 Å². The minimum atomic E-state index is 0.222. The van der Waals surface area contributed by atoms with Gasteiger partial charge < -0.3 is 19.9 Å².